The number of para-hydroxylation sites is 1. The lowest BCUT2D eigenvalue weighted by Gasteiger charge is -2.36. The summed E-state index contributed by atoms with van der Waals surface area (Å²) in [6, 6.07) is 12.4. The third-order valence-corrected chi connectivity index (χ3v) is 8.33. The van der Waals surface area contributed by atoms with Crippen LogP contribution in [0.3, 0.4) is 0 Å². The molecule has 3 heterocycles. The third-order valence-electron chi connectivity index (χ3n) is 7.36. The summed E-state index contributed by atoms with van der Waals surface area (Å²) in [6.45, 7) is 8.88. The Morgan fingerprint density at radius 3 is 2.42 bits per heavy atom. The number of aromatic nitrogens is 1. The zero-order valence-corrected chi connectivity index (χ0v) is 21.9. The van der Waals surface area contributed by atoms with E-state index >= 15 is 0 Å². The molecule has 2 fully saturated rings. The number of hydrogen-bond donors (Lipinski definition) is 1. The largest absolute Gasteiger partial charge is 0.384 e. The van der Waals surface area contributed by atoms with E-state index in [9.17, 15) is 9.90 Å². The van der Waals surface area contributed by atoms with Crippen LogP contribution in [0.25, 0.3) is 0 Å². The first-order valence-corrected chi connectivity index (χ1v) is 13.6. The fourth-order valence-corrected chi connectivity index (χ4v) is 5.67. The number of benzene rings is 1. The van der Waals surface area contributed by atoms with Crippen LogP contribution in [0.2, 0.25) is 0 Å². The van der Waals surface area contributed by atoms with E-state index in [1.54, 1.807) is 6.20 Å². The van der Waals surface area contributed by atoms with E-state index in [0.29, 0.717) is 25.1 Å². The van der Waals surface area contributed by atoms with E-state index in [0.717, 1.165) is 49.3 Å². The number of alkyl halides is 1. The molecule has 178 valence electrons. The molecule has 0 spiro atoms. The summed E-state index contributed by atoms with van der Waals surface area (Å²) in [5.74, 6) is 0.167. The molecule has 2 saturated heterocycles. The van der Waals surface area contributed by atoms with Crippen LogP contribution in [-0.4, -0.2) is 58.2 Å². The molecule has 2 aliphatic heterocycles. The number of rotatable bonds is 8. The Morgan fingerprint density at radius 2 is 1.79 bits per heavy atom. The molecule has 0 unspecified atom stereocenters. The molecule has 0 radical (unpaired) electrons. The Hall–Kier alpha value is -1.71. The first-order chi connectivity index (χ1) is 16.0. The lowest BCUT2D eigenvalue weighted by Crippen LogP contribution is -2.46. The average molecular weight is 562 g/mol. The van der Waals surface area contributed by atoms with Gasteiger partial charge in [-0.05, 0) is 49.4 Å². The molecule has 1 aromatic carbocycles. The van der Waals surface area contributed by atoms with Crippen LogP contribution in [0.5, 0.6) is 0 Å². The molecule has 7 heteroatoms. The topological polar surface area (TPSA) is 59.9 Å². The first-order valence-electron chi connectivity index (χ1n) is 12.1. The van der Waals surface area contributed by atoms with Gasteiger partial charge in [0.15, 0.2) is 0 Å². The highest BCUT2D eigenvalue weighted by molar-refractivity contribution is 14.1. The molecule has 4 rings (SSSR count). The number of hydrogen-bond acceptors (Lipinski definition) is 5. The highest BCUT2D eigenvalue weighted by atomic mass is 127. The van der Waals surface area contributed by atoms with Crippen LogP contribution in [-0.2, 0) is 16.8 Å². The maximum atomic E-state index is 13.3. The quantitative estimate of drug-likeness (QED) is 0.297. The van der Waals surface area contributed by atoms with Crippen molar-refractivity contribution in [3.63, 3.8) is 0 Å². The van der Waals surface area contributed by atoms with E-state index in [-0.39, 0.29) is 11.8 Å². The molecule has 33 heavy (non-hydrogen) atoms. The van der Waals surface area contributed by atoms with E-state index in [1.807, 2.05) is 30.9 Å². The van der Waals surface area contributed by atoms with E-state index in [2.05, 4.69) is 61.6 Å². The van der Waals surface area contributed by atoms with Crippen LogP contribution in [0.4, 0.5) is 11.4 Å². The zero-order valence-electron chi connectivity index (χ0n) is 19.7. The summed E-state index contributed by atoms with van der Waals surface area (Å²) < 4.78 is 1.08. The van der Waals surface area contributed by atoms with Crippen LogP contribution >= 0.6 is 22.6 Å². The number of amides is 1. The minimum absolute atomic E-state index is 0.00956. The lowest BCUT2D eigenvalue weighted by molar-refractivity contribution is -0.120. The van der Waals surface area contributed by atoms with Crippen molar-refractivity contribution >= 4 is 39.9 Å². The number of carbonyl (C=O) groups excluding carboxylic acids is 1. The Kier molecular flexibility index (Phi) is 7.91. The summed E-state index contributed by atoms with van der Waals surface area (Å²) in [6.07, 6.45) is 4.60. The van der Waals surface area contributed by atoms with Crippen LogP contribution in [0.15, 0.2) is 42.6 Å². The van der Waals surface area contributed by atoms with Gasteiger partial charge >= 0.3 is 0 Å². The minimum Gasteiger partial charge on any atom is -0.384 e. The Balaban J connectivity index is 1.44. The van der Waals surface area contributed by atoms with E-state index in [4.69, 9.17) is 0 Å². The van der Waals surface area contributed by atoms with Gasteiger partial charge in [-0.15, -0.1) is 0 Å². The van der Waals surface area contributed by atoms with E-state index in [1.165, 1.54) is 11.3 Å². The van der Waals surface area contributed by atoms with Crippen LogP contribution < -0.4 is 9.80 Å². The zero-order chi connectivity index (χ0) is 23.4. The summed E-state index contributed by atoms with van der Waals surface area (Å²) in [5, 5.41) is 10.7. The Bertz CT molecular complexity index is 940. The summed E-state index contributed by atoms with van der Waals surface area (Å²) >= 11 is 2.43. The molecular formula is C26H35IN4O2. The fraction of sp³-hybridized carbons (Fsp3) is 0.538. The predicted octanol–water partition coefficient (Wildman–Crippen LogP) is 4.20. The highest BCUT2D eigenvalue weighted by Gasteiger charge is 2.34. The maximum Gasteiger partial charge on any atom is 0.230 e. The van der Waals surface area contributed by atoms with Crippen molar-refractivity contribution in [3.05, 3.63) is 53.9 Å². The smallest absolute Gasteiger partial charge is 0.230 e. The van der Waals surface area contributed by atoms with Crippen molar-refractivity contribution < 1.29 is 9.90 Å². The molecular weight excluding hydrogens is 527 g/mol. The van der Waals surface area contributed by atoms with Crippen molar-refractivity contribution in [2.75, 3.05) is 47.1 Å². The molecule has 1 N–H and O–H groups in total. The van der Waals surface area contributed by atoms with Gasteiger partial charge in [-0.2, -0.15) is 0 Å². The molecule has 2 aliphatic rings. The molecule has 0 bridgehead atoms. The molecule has 6 nitrogen and oxygen atoms in total. The standard InChI is InChI=1S/C26H35IN4O2/c1-3-26(33,4-2)24-10-9-22(18-28-24)31-12-11-21(25(31)32)17-20-7-5-6-8-23(20)30-15-13-29(19-27)14-16-30/h5-10,18,21,33H,3-4,11-17,19H2,1-2H3/t21-/m0/s1. The van der Waals surface area contributed by atoms with Gasteiger partial charge in [0.2, 0.25) is 5.91 Å². The monoisotopic (exact) mass is 562 g/mol. The predicted molar refractivity (Wildman–Crippen MR) is 142 cm³/mol. The van der Waals surface area contributed by atoms with Crippen molar-refractivity contribution in [2.45, 2.75) is 45.1 Å². The SMILES string of the molecule is CCC(O)(CC)c1ccc(N2CC[C@@H](Cc3ccccc3N3CCN(CI)CC3)C2=O)cn1. The summed E-state index contributed by atoms with van der Waals surface area (Å²) in [7, 11) is 0. The number of aliphatic hydroxyl groups is 1. The lowest BCUT2D eigenvalue weighted by atomic mass is 9.93. The number of piperazine rings is 1. The van der Waals surface area contributed by atoms with Gasteiger partial charge in [-0.1, -0.05) is 54.6 Å². The van der Waals surface area contributed by atoms with Crippen molar-refractivity contribution in [1.82, 2.24) is 9.88 Å². The van der Waals surface area contributed by atoms with Gasteiger partial charge in [0, 0.05) is 44.3 Å². The van der Waals surface area contributed by atoms with Gasteiger partial charge in [0.1, 0.15) is 5.60 Å². The molecule has 0 aliphatic carbocycles. The Labute approximate surface area is 211 Å². The van der Waals surface area contributed by atoms with Crippen molar-refractivity contribution in [1.29, 1.82) is 0 Å². The van der Waals surface area contributed by atoms with Crippen LogP contribution in [0.1, 0.15) is 44.4 Å². The summed E-state index contributed by atoms with van der Waals surface area (Å²) in [5.41, 5.74) is 3.15. The normalized spacial score (nSPS) is 20.0. The second-order valence-corrected chi connectivity index (χ2v) is 9.86. The average Bonchev–Trinajstić information content (AvgIpc) is 3.23. The second kappa shape index (κ2) is 10.7. The minimum atomic E-state index is -0.901. The first kappa shape index (κ1) is 24.4. The fourth-order valence-electron chi connectivity index (χ4n) is 4.98. The van der Waals surface area contributed by atoms with Crippen molar-refractivity contribution in [2.24, 2.45) is 5.92 Å². The molecule has 1 aromatic heterocycles. The van der Waals surface area contributed by atoms with Gasteiger partial charge in [-0.3, -0.25) is 14.7 Å². The Morgan fingerprint density at radius 1 is 1.06 bits per heavy atom. The second-order valence-electron chi connectivity index (χ2n) is 9.17. The maximum absolute atomic E-state index is 13.3. The van der Waals surface area contributed by atoms with Gasteiger partial charge in [-0.25, -0.2) is 0 Å². The van der Waals surface area contributed by atoms with Gasteiger partial charge < -0.3 is 14.9 Å². The number of carbonyl (C=O) groups is 1. The number of nitrogens with zero attached hydrogens (tertiary/aromatic N) is 4. The number of anilines is 2. The van der Waals surface area contributed by atoms with Crippen LogP contribution in [0, 0.1) is 5.92 Å². The third kappa shape index (κ3) is 5.20. The van der Waals surface area contributed by atoms with Gasteiger partial charge in [0.25, 0.3) is 0 Å². The molecule has 1 atom stereocenters. The van der Waals surface area contributed by atoms with E-state index < -0.39 is 5.60 Å². The number of pyridine rings is 1. The van der Waals surface area contributed by atoms with Gasteiger partial charge in [0.05, 0.1) is 22.1 Å². The molecule has 2 aromatic rings. The highest BCUT2D eigenvalue weighted by Crippen LogP contribution is 2.32. The summed E-state index contributed by atoms with van der Waals surface area (Å²) in [4.78, 5) is 24.6. The van der Waals surface area contributed by atoms with Crippen molar-refractivity contribution in [3.8, 4) is 0 Å². The number of halogens is 1. The molecule has 1 amide bonds. The molecule has 0 saturated carbocycles.